The van der Waals surface area contributed by atoms with E-state index in [9.17, 15) is 9.59 Å². The lowest BCUT2D eigenvalue weighted by atomic mass is 9.56. The highest BCUT2D eigenvalue weighted by Crippen LogP contribution is 2.75. The van der Waals surface area contributed by atoms with E-state index >= 15 is 0 Å². The molecule has 2 heteroatoms. The number of ketones is 2. The van der Waals surface area contributed by atoms with Crippen LogP contribution in [0, 0.1) is 22.7 Å². The van der Waals surface area contributed by atoms with Gasteiger partial charge in [-0.2, -0.15) is 0 Å². The van der Waals surface area contributed by atoms with Gasteiger partial charge >= 0.3 is 0 Å². The predicted octanol–water partition coefficient (Wildman–Crippen LogP) is 8.01. The zero-order valence-corrected chi connectivity index (χ0v) is 21.1. The van der Waals surface area contributed by atoms with Crippen LogP contribution < -0.4 is 0 Å². The van der Waals surface area contributed by atoms with Gasteiger partial charge in [-0.25, -0.2) is 0 Å². The molecule has 7 rings (SSSR count). The third-order valence-electron chi connectivity index (χ3n) is 9.18. The van der Waals surface area contributed by atoms with E-state index in [4.69, 9.17) is 0 Å². The maximum Gasteiger partial charge on any atom is 0.168 e. The Morgan fingerprint density at radius 2 is 0.946 bits per heavy atom. The van der Waals surface area contributed by atoms with Crippen LogP contribution in [0.3, 0.4) is 0 Å². The molecular weight excluding hydrogens is 452 g/mol. The van der Waals surface area contributed by atoms with Crippen LogP contribution in [0.2, 0.25) is 0 Å². The molecule has 1 fully saturated rings. The maximum absolute atomic E-state index is 14.4. The van der Waals surface area contributed by atoms with E-state index in [1.807, 2.05) is 60.7 Å². The van der Waals surface area contributed by atoms with E-state index in [1.165, 1.54) is 11.1 Å². The first-order valence-electron chi connectivity index (χ1n) is 13.1. The molecule has 4 aromatic rings. The summed E-state index contributed by atoms with van der Waals surface area (Å²) in [5, 5.41) is 0. The average Bonchev–Trinajstić information content (AvgIpc) is 3.34. The molecule has 4 aromatic carbocycles. The number of hydrogen-bond donors (Lipinski definition) is 0. The standard InChI is InChI=1S/C35H28O2/c1-34-21-35(2,29(24-16-10-5-11-17-24)28(34)23-14-8-4-9-15-23)31-30(34)32(36)26-19-18-25(20-27(26)33(31)37)22-12-6-3-7-13-22/h3-20,30-31H,21H2,1-2H3/t30-,31+,34-,35+/m1/s1. The van der Waals surface area contributed by atoms with Gasteiger partial charge in [0.05, 0.1) is 0 Å². The summed E-state index contributed by atoms with van der Waals surface area (Å²) in [6, 6.07) is 36.8. The Labute approximate surface area is 217 Å². The Morgan fingerprint density at radius 3 is 1.43 bits per heavy atom. The van der Waals surface area contributed by atoms with E-state index in [0.29, 0.717) is 11.1 Å². The number of fused-ring (bicyclic) bond motifs is 6. The molecule has 0 heterocycles. The van der Waals surface area contributed by atoms with Gasteiger partial charge in [-0.1, -0.05) is 117 Å². The number of Topliss-reactive ketones (excluding diaryl/α,β-unsaturated/α-hetero) is 2. The zero-order chi connectivity index (χ0) is 25.4. The predicted molar refractivity (Wildman–Crippen MR) is 148 cm³/mol. The van der Waals surface area contributed by atoms with Crippen molar-refractivity contribution in [3.63, 3.8) is 0 Å². The normalized spacial score (nSPS) is 27.8. The lowest BCUT2D eigenvalue weighted by molar-refractivity contribution is 0.0654. The summed E-state index contributed by atoms with van der Waals surface area (Å²) in [7, 11) is 0. The molecular formula is C35H28O2. The number of benzene rings is 4. The van der Waals surface area contributed by atoms with Gasteiger partial charge in [0.1, 0.15) is 0 Å². The van der Waals surface area contributed by atoms with Crippen LogP contribution >= 0.6 is 0 Å². The van der Waals surface area contributed by atoms with Gasteiger partial charge in [0.25, 0.3) is 0 Å². The first-order chi connectivity index (χ1) is 17.9. The summed E-state index contributed by atoms with van der Waals surface area (Å²) < 4.78 is 0. The van der Waals surface area contributed by atoms with Gasteiger partial charge in [0.2, 0.25) is 0 Å². The first kappa shape index (κ1) is 22.2. The summed E-state index contributed by atoms with van der Waals surface area (Å²) >= 11 is 0. The largest absolute Gasteiger partial charge is 0.294 e. The fourth-order valence-electron chi connectivity index (χ4n) is 7.92. The highest BCUT2D eigenvalue weighted by atomic mass is 16.1. The molecule has 0 spiro atoms. The van der Waals surface area contributed by atoms with Crippen molar-refractivity contribution in [2.24, 2.45) is 22.7 Å². The van der Waals surface area contributed by atoms with Gasteiger partial charge < -0.3 is 0 Å². The average molecular weight is 481 g/mol. The fraction of sp³-hybridized carbons (Fsp3) is 0.200. The number of rotatable bonds is 3. The van der Waals surface area contributed by atoms with E-state index in [-0.39, 0.29) is 23.4 Å². The second-order valence-corrected chi connectivity index (χ2v) is 11.3. The van der Waals surface area contributed by atoms with Crippen molar-refractivity contribution in [2.45, 2.75) is 20.3 Å². The summed E-state index contributed by atoms with van der Waals surface area (Å²) in [4.78, 5) is 28.7. The molecule has 3 aliphatic rings. The minimum absolute atomic E-state index is 0.115. The summed E-state index contributed by atoms with van der Waals surface area (Å²) in [6.07, 6.45) is 0.792. The third kappa shape index (κ3) is 2.93. The lowest BCUT2D eigenvalue weighted by Crippen LogP contribution is -2.46. The van der Waals surface area contributed by atoms with E-state index in [2.05, 4.69) is 62.4 Å². The lowest BCUT2D eigenvalue weighted by Gasteiger charge is -2.44. The van der Waals surface area contributed by atoms with Crippen LogP contribution in [-0.4, -0.2) is 11.6 Å². The molecule has 1 saturated carbocycles. The number of allylic oxidation sites excluding steroid dienone is 2. The van der Waals surface area contributed by atoms with Crippen LogP contribution in [-0.2, 0) is 0 Å². The van der Waals surface area contributed by atoms with Gasteiger partial charge in [-0.3, -0.25) is 9.59 Å². The Morgan fingerprint density at radius 1 is 0.514 bits per heavy atom. The molecule has 180 valence electrons. The maximum atomic E-state index is 14.4. The molecule has 0 radical (unpaired) electrons. The molecule has 0 amide bonds. The molecule has 4 atom stereocenters. The second kappa shape index (κ2) is 7.73. The smallest absolute Gasteiger partial charge is 0.168 e. The van der Waals surface area contributed by atoms with Gasteiger partial charge in [-0.05, 0) is 45.9 Å². The van der Waals surface area contributed by atoms with Crippen molar-refractivity contribution in [1.29, 1.82) is 0 Å². The van der Waals surface area contributed by atoms with Crippen molar-refractivity contribution < 1.29 is 9.59 Å². The minimum Gasteiger partial charge on any atom is -0.294 e. The minimum atomic E-state index is -0.431. The van der Waals surface area contributed by atoms with E-state index < -0.39 is 10.8 Å². The van der Waals surface area contributed by atoms with Crippen LogP contribution in [0.25, 0.3) is 22.3 Å². The van der Waals surface area contributed by atoms with Crippen LogP contribution in [0.1, 0.15) is 52.1 Å². The van der Waals surface area contributed by atoms with Crippen LogP contribution in [0.4, 0.5) is 0 Å². The van der Waals surface area contributed by atoms with Crippen molar-refractivity contribution in [3.8, 4) is 11.1 Å². The molecule has 3 aliphatic carbocycles. The second-order valence-electron chi connectivity index (χ2n) is 11.3. The highest BCUT2D eigenvalue weighted by Gasteiger charge is 2.70. The zero-order valence-electron chi connectivity index (χ0n) is 21.1. The molecule has 0 aromatic heterocycles. The van der Waals surface area contributed by atoms with E-state index in [0.717, 1.165) is 28.7 Å². The molecule has 2 nitrogen and oxygen atoms in total. The topological polar surface area (TPSA) is 34.1 Å². The summed E-state index contributed by atoms with van der Waals surface area (Å²) in [6.45, 7) is 4.45. The van der Waals surface area contributed by atoms with Gasteiger partial charge in [0, 0.05) is 33.8 Å². The van der Waals surface area contributed by atoms with Crippen molar-refractivity contribution in [1.82, 2.24) is 0 Å². The molecule has 0 aliphatic heterocycles. The monoisotopic (exact) mass is 480 g/mol. The molecule has 0 saturated heterocycles. The van der Waals surface area contributed by atoms with Crippen LogP contribution in [0.15, 0.2) is 109 Å². The molecule has 0 unspecified atom stereocenters. The van der Waals surface area contributed by atoms with Gasteiger partial charge in [0.15, 0.2) is 11.6 Å². The molecule has 37 heavy (non-hydrogen) atoms. The van der Waals surface area contributed by atoms with Gasteiger partial charge in [-0.15, -0.1) is 0 Å². The number of carbonyl (C=O) groups excluding carboxylic acids is 2. The summed E-state index contributed by atoms with van der Waals surface area (Å²) in [5.74, 6) is -0.496. The van der Waals surface area contributed by atoms with Crippen molar-refractivity contribution in [3.05, 3.63) is 131 Å². The molecule has 2 bridgehead atoms. The highest BCUT2D eigenvalue weighted by molar-refractivity contribution is 6.21. The SMILES string of the molecule is C[C@]12C[C@](C)(C(c3ccccc3)=C1c1ccccc1)[C@H]1C(=O)c3ccc(-c4ccccc4)cc3C(=O)[C@H]12. The molecule has 0 N–H and O–H groups in total. The Kier molecular flexibility index (Phi) is 4.63. The summed E-state index contributed by atoms with van der Waals surface area (Å²) in [5.41, 5.74) is 7.09. The Bertz CT molecular complexity index is 1600. The fourth-order valence-corrected chi connectivity index (χ4v) is 7.92. The Hall–Kier alpha value is -4.04. The number of carbonyl (C=O) groups is 2. The number of hydrogen-bond acceptors (Lipinski definition) is 2. The Balaban J connectivity index is 1.46. The van der Waals surface area contributed by atoms with Crippen molar-refractivity contribution in [2.75, 3.05) is 0 Å². The quantitative estimate of drug-likeness (QED) is 0.298. The van der Waals surface area contributed by atoms with E-state index in [1.54, 1.807) is 0 Å². The third-order valence-corrected chi connectivity index (χ3v) is 9.18. The van der Waals surface area contributed by atoms with Crippen LogP contribution in [0.5, 0.6) is 0 Å². The first-order valence-corrected chi connectivity index (χ1v) is 13.1. The van der Waals surface area contributed by atoms with Crippen molar-refractivity contribution >= 4 is 22.7 Å².